The summed E-state index contributed by atoms with van der Waals surface area (Å²) in [5, 5.41) is 11.3. The monoisotopic (exact) mass is 380 g/mol. The van der Waals surface area contributed by atoms with E-state index in [1.807, 2.05) is 31.2 Å². The van der Waals surface area contributed by atoms with Gasteiger partial charge in [0, 0.05) is 6.42 Å². The molecule has 0 saturated heterocycles. The lowest BCUT2D eigenvalue weighted by Gasteiger charge is -2.13. The van der Waals surface area contributed by atoms with Crippen molar-refractivity contribution in [1.29, 1.82) is 0 Å². The molecule has 0 radical (unpaired) electrons. The summed E-state index contributed by atoms with van der Waals surface area (Å²) in [5.41, 5.74) is 6.02. The Morgan fingerprint density at radius 3 is 2.44 bits per heavy atom. The van der Waals surface area contributed by atoms with Gasteiger partial charge in [0.1, 0.15) is 12.4 Å². The van der Waals surface area contributed by atoms with Crippen molar-refractivity contribution in [2.45, 2.75) is 40.7 Å². The second-order valence-corrected chi connectivity index (χ2v) is 6.98. The summed E-state index contributed by atoms with van der Waals surface area (Å²) in [7, 11) is 0. The van der Waals surface area contributed by atoms with Crippen molar-refractivity contribution in [3.63, 3.8) is 0 Å². The van der Waals surface area contributed by atoms with Crippen LogP contribution in [0.2, 0.25) is 0 Å². The Morgan fingerprint density at radius 2 is 1.81 bits per heavy atom. The first-order valence-electron chi connectivity index (χ1n) is 8.98. The Labute approximate surface area is 164 Å². The summed E-state index contributed by atoms with van der Waals surface area (Å²) in [6, 6.07) is 12.2. The molecule has 6 heteroatoms. The molecule has 0 aliphatic carbocycles. The van der Waals surface area contributed by atoms with E-state index < -0.39 is 0 Å². The van der Waals surface area contributed by atoms with E-state index in [0.717, 1.165) is 23.6 Å². The number of hydrogen-bond donors (Lipinski definition) is 1. The van der Waals surface area contributed by atoms with Gasteiger partial charge in [0.05, 0.1) is 6.21 Å². The molecule has 0 amide bonds. The van der Waals surface area contributed by atoms with E-state index in [4.69, 9.17) is 17.0 Å². The Kier molecular flexibility index (Phi) is 5.86. The first kappa shape index (κ1) is 19.0. The normalized spacial score (nSPS) is 11.3. The standard InChI is InChI=1S/C21H24N4OS/c1-5-20-23-24-21(27)25(20)22-12-17-6-8-18(9-7-17)26-13-19-15(3)10-14(2)11-16(19)4/h6-12H,5,13H2,1-4H3,(H,24,27). The number of nitrogens with one attached hydrogen (secondary N) is 1. The lowest BCUT2D eigenvalue weighted by Crippen LogP contribution is -2.01. The van der Waals surface area contributed by atoms with Gasteiger partial charge in [-0.25, -0.2) is 0 Å². The van der Waals surface area contributed by atoms with Gasteiger partial charge >= 0.3 is 0 Å². The van der Waals surface area contributed by atoms with Crippen LogP contribution in [0.15, 0.2) is 41.5 Å². The fourth-order valence-electron chi connectivity index (χ4n) is 3.04. The number of aromatic nitrogens is 3. The van der Waals surface area contributed by atoms with Gasteiger partial charge in [0.15, 0.2) is 5.82 Å². The summed E-state index contributed by atoms with van der Waals surface area (Å²) in [6.07, 6.45) is 2.53. The maximum atomic E-state index is 5.97. The Hall–Kier alpha value is -2.73. The molecule has 5 nitrogen and oxygen atoms in total. The molecule has 27 heavy (non-hydrogen) atoms. The van der Waals surface area contributed by atoms with Crippen molar-refractivity contribution in [2.24, 2.45) is 5.10 Å². The molecule has 1 heterocycles. The predicted octanol–water partition coefficient (Wildman–Crippen LogP) is 4.89. The third kappa shape index (κ3) is 4.52. The van der Waals surface area contributed by atoms with Crippen molar-refractivity contribution >= 4 is 18.4 Å². The average Bonchev–Trinajstić information content (AvgIpc) is 3.00. The number of H-pyrrole nitrogens is 1. The fraction of sp³-hybridized carbons (Fsp3) is 0.286. The third-order valence-electron chi connectivity index (χ3n) is 4.46. The van der Waals surface area contributed by atoms with Gasteiger partial charge in [-0.15, -0.1) is 0 Å². The number of rotatable bonds is 6. The van der Waals surface area contributed by atoms with Crippen LogP contribution in [0.1, 0.15) is 40.6 Å². The van der Waals surface area contributed by atoms with E-state index in [-0.39, 0.29) is 0 Å². The molecule has 2 aromatic carbocycles. The molecule has 1 N–H and O–H groups in total. The molecule has 140 valence electrons. The zero-order valence-electron chi connectivity index (χ0n) is 16.1. The van der Waals surface area contributed by atoms with Crippen LogP contribution in [0.5, 0.6) is 5.75 Å². The highest BCUT2D eigenvalue weighted by molar-refractivity contribution is 7.71. The van der Waals surface area contributed by atoms with E-state index in [0.29, 0.717) is 11.4 Å². The molecule has 0 unspecified atom stereocenters. The van der Waals surface area contributed by atoms with Crippen LogP contribution in [0.3, 0.4) is 0 Å². The number of ether oxygens (including phenoxy) is 1. The molecule has 0 aliphatic heterocycles. The number of aryl methyl sites for hydroxylation is 4. The molecular formula is C21H24N4OS. The van der Waals surface area contributed by atoms with Gasteiger partial charge in [0.2, 0.25) is 4.77 Å². The molecule has 1 aromatic heterocycles. The zero-order chi connectivity index (χ0) is 19.4. The van der Waals surface area contributed by atoms with E-state index in [2.05, 4.69) is 48.2 Å². The molecule has 3 rings (SSSR count). The molecule has 0 fully saturated rings. The van der Waals surface area contributed by atoms with E-state index in [9.17, 15) is 0 Å². The first-order chi connectivity index (χ1) is 13.0. The van der Waals surface area contributed by atoms with Gasteiger partial charge in [-0.2, -0.15) is 14.9 Å². The first-order valence-corrected chi connectivity index (χ1v) is 9.39. The summed E-state index contributed by atoms with van der Waals surface area (Å²) in [4.78, 5) is 0. The second kappa shape index (κ2) is 8.31. The molecule has 0 bridgehead atoms. The second-order valence-electron chi connectivity index (χ2n) is 6.59. The summed E-state index contributed by atoms with van der Waals surface area (Å²) < 4.78 is 8.11. The minimum absolute atomic E-state index is 0.492. The van der Waals surface area contributed by atoms with Crippen LogP contribution in [0, 0.1) is 25.5 Å². The highest BCUT2D eigenvalue weighted by atomic mass is 32.1. The lowest BCUT2D eigenvalue weighted by atomic mass is 10.0. The fourth-order valence-corrected chi connectivity index (χ4v) is 3.24. The molecular weight excluding hydrogens is 356 g/mol. The minimum Gasteiger partial charge on any atom is -0.489 e. The number of nitrogens with zero attached hydrogens (tertiary/aromatic N) is 3. The molecule has 3 aromatic rings. The van der Waals surface area contributed by atoms with Gasteiger partial charge < -0.3 is 4.74 Å². The summed E-state index contributed by atoms with van der Waals surface area (Å²) >= 11 is 5.20. The van der Waals surface area contributed by atoms with Crippen LogP contribution < -0.4 is 4.74 Å². The van der Waals surface area contributed by atoms with Crippen LogP contribution in [0.4, 0.5) is 0 Å². The Morgan fingerprint density at radius 1 is 1.15 bits per heavy atom. The van der Waals surface area contributed by atoms with Crippen LogP contribution >= 0.6 is 12.2 Å². The molecule has 0 saturated carbocycles. The lowest BCUT2D eigenvalue weighted by molar-refractivity contribution is 0.304. The molecule has 0 spiro atoms. The van der Waals surface area contributed by atoms with E-state index in [1.54, 1.807) is 10.9 Å². The smallest absolute Gasteiger partial charge is 0.216 e. The van der Waals surface area contributed by atoms with Crippen molar-refractivity contribution < 1.29 is 4.74 Å². The Balaban J connectivity index is 1.68. The number of benzene rings is 2. The maximum absolute atomic E-state index is 5.97. The zero-order valence-corrected chi connectivity index (χ0v) is 16.9. The number of aromatic amines is 1. The quantitative estimate of drug-likeness (QED) is 0.489. The van der Waals surface area contributed by atoms with E-state index in [1.165, 1.54) is 22.3 Å². The largest absolute Gasteiger partial charge is 0.489 e. The van der Waals surface area contributed by atoms with Crippen molar-refractivity contribution in [1.82, 2.24) is 14.9 Å². The number of hydrogen-bond acceptors (Lipinski definition) is 4. The molecule has 0 aliphatic rings. The van der Waals surface area contributed by atoms with Crippen molar-refractivity contribution in [2.75, 3.05) is 0 Å². The summed E-state index contributed by atoms with van der Waals surface area (Å²) in [5.74, 6) is 1.64. The van der Waals surface area contributed by atoms with E-state index >= 15 is 0 Å². The highest BCUT2D eigenvalue weighted by Crippen LogP contribution is 2.19. The Bertz CT molecular complexity index is 992. The average molecular weight is 381 g/mol. The van der Waals surface area contributed by atoms with Crippen LogP contribution in [-0.4, -0.2) is 21.1 Å². The van der Waals surface area contributed by atoms with Crippen molar-refractivity contribution in [3.05, 3.63) is 74.8 Å². The maximum Gasteiger partial charge on any atom is 0.216 e. The van der Waals surface area contributed by atoms with Gasteiger partial charge in [-0.05, 0) is 79.5 Å². The van der Waals surface area contributed by atoms with Gasteiger partial charge in [0.25, 0.3) is 0 Å². The van der Waals surface area contributed by atoms with Gasteiger partial charge in [-0.1, -0.05) is 24.6 Å². The highest BCUT2D eigenvalue weighted by Gasteiger charge is 2.05. The van der Waals surface area contributed by atoms with Gasteiger partial charge in [-0.3, -0.25) is 5.10 Å². The van der Waals surface area contributed by atoms with Crippen LogP contribution in [-0.2, 0) is 13.0 Å². The minimum atomic E-state index is 0.492. The molecule has 0 atom stereocenters. The summed E-state index contributed by atoms with van der Waals surface area (Å²) in [6.45, 7) is 8.95. The topological polar surface area (TPSA) is 55.2 Å². The SMILES string of the molecule is CCc1n[nH]c(=S)n1N=Cc1ccc(OCc2c(C)cc(C)cc2C)cc1. The van der Waals surface area contributed by atoms with Crippen LogP contribution in [0.25, 0.3) is 0 Å². The van der Waals surface area contributed by atoms with Crippen molar-refractivity contribution in [3.8, 4) is 5.75 Å². The predicted molar refractivity (Wildman–Crippen MR) is 111 cm³/mol. The third-order valence-corrected chi connectivity index (χ3v) is 4.72.